The van der Waals surface area contributed by atoms with Gasteiger partial charge in [-0.3, -0.25) is 4.68 Å². The molecular formula is C11H12BrN3O2S. The van der Waals surface area contributed by atoms with Crippen molar-refractivity contribution in [1.82, 2.24) is 9.78 Å². The highest BCUT2D eigenvalue weighted by Crippen LogP contribution is 2.30. The standard InChI is InChI=1S/C11H12BrN3O2S/c1-15-11(13)6-9(14-15)8-5-7(12)3-4-10(8)18(2,16)17/h3-6H,13H2,1-2H3. The summed E-state index contributed by atoms with van der Waals surface area (Å²) in [5.74, 6) is 0.476. The van der Waals surface area contributed by atoms with Gasteiger partial charge in [-0.1, -0.05) is 15.9 Å². The predicted molar refractivity (Wildman–Crippen MR) is 73.9 cm³/mol. The summed E-state index contributed by atoms with van der Waals surface area (Å²) in [6.07, 6.45) is 1.17. The summed E-state index contributed by atoms with van der Waals surface area (Å²) in [6, 6.07) is 6.61. The molecule has 96 valence electrons. The maximum atomic E-state index is 11.7. The smallest absolute Gasteiger partial charge is 0.176 e. The lowest BCUT2D eigenvalue weighted by Gasteiger charge is -2.06. The van der Waals surface area contributed by atoms with Gasteiger partial charge < -0.3 is 5.73 Å². The molecule has 2 aromatic rings. The first-order valence-corrected chi connectivity index (χ1v) is 7.77. The second-order valence-corrected chi connectivity index (χ2v) is 6.89. The summed E-state index contributed by atoms with van der Waals surface area (Å²) in [6.45, 7) is 0. The van der Waals surface area contributed by atoms with Gasteiger partial charge in [0.1, 0.15) is 5.82 Å². The number of nitrogens with zero attached hydrogens (tertiary/aromatic N) is 2. The molecule has 1 aromatic carbocycles. The summed E-state index contributed by atoms with van der Waals surface area (Å²) >= 11 is 3.33. The molecule has 0 bridgehead atoms. The van der Waals surface area contributed by atoms with Crippen molar-refractivity contribution in [3.8, 4) is 11.3 Å². The number of nitrogens with two attached hydrogens (primary N) is 1. The SMILES string of the molecule is Cn1nc(-c2cc(Br)ccc2S(C)(=O)=O)cc1N. The number of sulfone groups is 1. The molecule has 0 saturated heterocycles. The zero-order chi connectivity index (χ0) is 13.5. The van der Waals surface area contributed by atoms with E-state index in [0.29, 0.717) is 17.1 Å². The van der Waals surface area contributed by atoms with Crippen LogP contribution in [0.1, 0.15) is 0 Å². The fourth-order valence-electron chi connectivity index (χ4n) is 1.64. The van der Waals surface area contributed by atoms with Crippen LogP contribution in [0.2, 0.25) is 0 Å². The molecule has 18 heavy (non-hydrogen) atoms. The predicted octanol–water partition coefficient (Wildman–Crippen LogP) is 1.84. The van der Waals surface area contributed by atoms with Gasteiger partial charge >= 0.3 is 0 Å². The Morgan fingerprint density at radius 3 is 2.50 bits per heavy atom. The maximum absolute atomic E-state index is 11.7. The number of halogens is 1. The molecule has 0 unspecified atom stereocenters. The van der Waals surface area contributed by atoms with E-state index in [0.717, 1.165) is 4.47 Å². The van der Waals surface area contributed by atoms with Crippen molar-refractivity contribution >= 4 is 31.6 Å². The van der Waals surface area contributed by atoms with Crippen LogP contribution in [-0.4, -0.2) is 24.5 Å². The van der Waals surface area contributed by atoms with E-state index in [-0.39, 0.29) is 4.90 Å². The molecule has 0 aliphatic rings. The molecule has 0 aliphatic carbocycles. The number of nitrogen functional groups attached to an aromatic ring is 1. The van der Waals surface area contributed by atoms with E-state index in [1.54, 1.807) is 31.3 Å². The van der Waals surface area contributed by atoms with Crippen LogP contribution in [0.25, 0.3) is 11.3 Å². The Labute approximate surface area is 114 Å². The normalized spacial score (nSPS) is 11.7. The van der Waals surface area contributed by atoms with Crippen LogP contribution in [0, 0.1) is 0 Å². The van der Waals surface area contributed by atoms with Gasteiger partial charge in [-0.05, 0) is 18.2 Å². The Hall–Kier alpha value is -1.34. The van der Waals surface area contributed by atoms with E-state index in [4.69, 9.17) is 5.73 Å². The Kier molecular flexibility index (Phi) is 3.20. The van der Waals surface area contributed by atoms with Gasteiger partial charge in [0.2, 0.25) is 0 Å². The molecule has 0 radical (unpaired) electrons. The second kappa shape index (κ2) is 4.40. The highest BCUT2D eigenvalue weighted by Gasteiger charge is 2.17. The third-order valence-electron chi connectivity index (χ3n) is 2.53. The Balaban J connectivity index is 2.73. The largest absolute Gasteiger partial charge is 0.384 e. The molecule has 1 aromatic heterocycles. The summed E-state index contributed by atoms with van der Waals surface area (Å²) in [5, 5.41) is 4.20. The topological polar surface area (TPSA) is 78.0 Å². The third kappa shape index (κ3) is 2.41. The summed E-state index contributed by atoms with van der Waals surface area (Å²) in [5.41, 5.74) is 6.79. The van der Waals surface area contributed by atoms with Crippen molar-refractivity contribution in [2.24, 2.45) is 7.05 Å². The first kappa shape index (κ1) is 13.1. The van der Waals surface area contributed by atoms with Gasteiger partial charge in [-0.25, -0.2) is 8.42 Å². The van der Waals surface area contributed by atoms with Crippen molar-refractivity contribution in [2.45, 2.75) is 4.90 Å². The van der Waals surface area contributed by atoms with Crippen LogP contribution in [0.15, 0.2) is 33.6 Å². The molecule has 0 fully saturated rings. The summed E-state index contributed by atoms with van der Waals surface area (Å²) in [4.78, 5) is 0.240. The number of hydrogen-bond acceptors (Lipinski definition) is 4. The van der Waals surface area contributed by atoms with Crippen LogP contribution < -0.4 is 5.73 Å². The second-order valence-electron chi connectivity index (χ2n) is 3.99. The summed E-state index contributed by atoms with van der Waals surface area (Å²) in [7, 11) is -1.61. The van der Waals surface area contributed by atoms with Gasteiger partial charge in [-0.15, -0.1) is 0 Å². The molecule has 0 atom stereocenters. The van der Waals surface area contributed by atoms with Gasteiger partial charge in [0.15, 0.2) is 9.84 Å². The van der Waals surface area contributed by atoms with E-state index in [1.165, 1.54) is 10.9 Å². The van der Waals surface area contributed by atoms with E-state index in [9.17, 15) is 8.42 Å². The van der Waals surface area contributed by atoms with Gasteiger partial charge in [0.25, 0.3) is 0 Å². The molecular weight excluding hydrogens is 318 g/mol. The minimum Gasteiger partial charge on any atom is -0.384 e. The van der Waals surface area contributed by atoms with Crippen LogP contribution in [0.5, 0.6) is 0 Å². The van der Waals surface area contributed by atoms with E-state index < -0.39 is 9.84 Å². The molecule has 1 heterocycles. The number of hydrogen-bond donors (Lipinski definition) is 1. The van der Waals surface area contributed by atoms with Crippen molar-refractivity contribution < 1.29 is 8.42 Å². The number of benzene rings is 1. The van der Waals surface area contributed by atoms with Crippen LogP contribution >= 0.6 is 15.9 Å². The monoisotopic (exact) mass is 329 g/mol. The molecule has 0 saturated carbocycles. The molecule has 5 nitrogen and oxygen atoms in total. The Morgan fingerprint density at radius 1 is 1.33 bits per heavy atom. The lowest BCUT2D eigenvalue weighted by molar-refractivity contribution is 0.602. The van der Waals surface area contributed by atoms with Crippen molar-refractivity contribution in [2.75, 3.05) is 12.0 Å². The van der Waals surface area contributed by atoms with E-state index in [2.05, 4.69) is 21.0 Å². The first-order chi connectivity index (χ1) is 8.29. The lowest BCUT2D eigenvalue weighted by atomic mass is 10.1. The fourth-order valence-corrected chi connectivity index (χ4v) is 2.88. The molecule has 0 spiro atoms. The van der Waals surface area contributed by atoms with Crippen LogP contribution in [0.4, 0.5) is 5.82 Å². The number of aromatic nitrogens is 2. The molecule has 0 amide bonds. The highest BCUT2D eigenvalue weighted by atomic mass is 79.9. The van der Waals surface area contributed by atoms with Crippen LogP contribution in [0.3, 0.4) is 0 Å². The first-order valence-electron chi connectivity index (χ1n) is 5.08. The zero-order valence-corrected chi connectivity index (χ0v) is 12.3. The Morgan fingerprint density at radius 2 is 2.00 bits per heavy atom. The van der Waals surface area contributed by atoms with Crippen molar-refractivity contribution in [3.63, 3.8) is 0 Å². The van der Waals surface area contributed by atoms with Crippen LogP contribution in [-0.2, 0) is 16.9 Å². The van der Waals surface area contributed by atoms with E-state index in [1.807, 2.05) is 0 Å². The minimum absolute atomic E-state index is 0.240. The minimum atomic E-state index is -3.31. The van der Waals surface area contributed by atoms with E-state index >= 15 is 0 Å². The third-order valence-corrected chi connectivity index (χ3v) is 4.18. The molecule has 0 aliphatic heterocycles. The zero-order valence-electron chi connectivity index (χ0n) is 9.88. The summed E-state index contributed by atoms with van der Waals surface area (Å²) < 4.78 is 25.8. The maximum Gasteiger partial charge on any atom is 0.176 e. The number of anilines is 1. The number of rotatable bonds is 2. The Bertz CT molecular complexity index is 688. The lowest BCUT2D eigenvalue weighted by Crippen LogP contribution is -2.00. The molecule has 2 N–H and O–H groups in total. The molecule has 2 rings (SSSR count). The van der Waals surface area contributed by atoms with Gasteiger partial charge in [0.05, 0.1) is 10.6 Å². The quantitative estimate of drug-likeness (QED) is 0.911. The fraction of sp³-hybridized carbons (Fsp3) is 0.182. The average Bonchev–Trinajstić information content (AvgIpc) is 2.57. The van der Waals surface area contributed by atoms with Gasteiger partial charge in [-0.2, -0.15) is 5.10 Å². The molecule has 7 heteroatoms. The average molecular weight is 330 g/mol. The number of aryl methyl sites for hydroxylation is 1. The van der Waals surface area contributed by atoms with Crippen molar-refractivity contribution in [3.05, 3.63) is 28.7 Å². The highest BCUT2D eigenvalue weighted by molar-refractivity contribution is 9.10. The van der Waals surface area contributed by atoms with Crippen molar-refractivity contribution in [1.29, 1.82) is 0 Å². The van der Waals surface area contributed by atoms with Gasteiger partial charge in [0, 0.05) is 29.4 Å².